The molecule has 1 aromatic rings. The highest BCUT2D eigenvalue weighted by atomic mass is 14.5. The van der Waals surface area contributed by atoms with Gasteiger partial charge < -0.3 is 5.73 Å². The molecule has 0 aliphatic heterocycles. The first-order chi connectivity index (χ1) is 6.06. The van der Waals surface area contributed by atoms with Crippen LogP contribution >= 0.6 is 0 Å². The lowest BCUT2D eigenvalue weighted by molar-refractivity contribution is 1.04. The second-order valence-corrected chi connectivity index (χ2v) is 3.58. The first-order valence-electron chi connectivity index (χ1n) is 4.52. The third kappa shape index (κ3) is 1.99. The summed E-state index contributed by atoms with van der Waals surface area (Å²) in [6.07, 6.45) is 0. The Morgan fingerprint density at radius 3 is 2.38 bits per heavy atom. The number of nitrogens with two attached hydrogens (primary N) is 1. The average Bonchev–Trinajstić information content (AvgIpc) is 2.03. The molecule has 0 saturated heterocycles. The highest BCUT2D eigenvalue weighted by Gasteiger charge is 2.03. The van der Waals surface area contributed by atoms with Gasteiger partial charge in [0.05, 0.1) is 0 Å². The Labute approximate surface area is 80.3 Å². The van der Waals surface area contributed by atoms with E-state index in [1.165, 1.54) is 22.3 Å². The summed E-state index contributed by atoms with van der Waals surface area (Å²) in [5.74, 6) is 0. The molecule has 0 aliphatic rings. The van der Waals surface area contributed by atoms with Gasteiger partial charge in [-0.05, 0) is 49.1 Å². The van der Waals surface area contributed by atoms with E-state index in [-0.39, 0.29) is 0 Å². The lowest BCUT2D eigenvalue weighted by Gasteiger charge is -2.10. The molecule has 0 saturated carbocycles. The summed E-state index contributed by atoms with van der Waals surface area (Å²) in [5, 5.41) is 0. The van der Waals surface area contributed by atoms with Crippen molar-refractivity contribution in [1.82, 2.24) is 0 Å². The third-order valence-electron chi connectivity index (χ3n) is 2.36. The second-order valence-electron chi connectivity index (χ2n) is 3.58. The standard InChI is InChI=1S/C12H17N/c1-8(2)12-6-11(7-13)9(3)5-10(12)4/h5-6H,1,7,13H2,2-4H3. The molecular formula is C12H17N. The lowest BCUT2D eigenvalue weighted by Crippen LogP contribution is -2.01. The highest BCUT2D eigenvalue weighted by molar-refractivity contribution is 5.65. The Morgan fingerprint density at radius 2 is 1.92 bits per heavy atom. The van der Waals surface area contributed by atoms with E-state index in [1.807, 2.05) is 6.92 Å². The number of hydrogen-bond acceptors (Lipinski definition) is 1. The molecule has 70 valence electrons. The predicted molar refractivity (Wildman–Crippen MR) is 58.5 cm³/mol. The fourth-order valence-electron chi connectivity index (χ4n) is 1.58. The summed E-state index contributed by atoms with van der Waals surface area (Å²) < 4.78 is 0. The molecule has 0 radical (unpaired) electrons. The Morgan fingerprint density at radius 1 is 1.31 bits per heavy atom. The normalized spacial score (nSPS) is 10.2. The molecule has 1 aromatic carbocycles. The van der Waals surface area contributed by atoms with Crippen molar-refractivity contribution in [2.45, 2.75) is 27.3 Å². The van der Waals surface area contributed by atoms with Gasteiger partial charge in [0, 0.05) is 6.54 Å². The van der Waals surface area contributed by atoms with Gasteiger partial charge in [-0.15, -0.1) is 0 Å². The van der Waals surface area contributed by atoms with E-state index >= 15 is 0 Å². The predicted octanol–water partition coefficient (Wildman–Crippen LogP) is 2.80. The molecule has 1 nitrogen and oxygen atoms in total. The van der Waals surface area contributed by atoms with Gasteiger partial charge in [-0.3, -0.25) is 0 Å². The number of allylic oxidation sites excluding steroid dienone is 1. The third-order valence-corrected chi connectivity index (χ3v) is 2.36. The van der Waals surface area contributed by atoms with E-state index in [1.54, 1.807) is 0 Å². The minimum Gasteiger partial charge on any atom is -0.326 e. The smallest absolute Gasteiger partial charge is 0.0180 e. The molecule has 0 spiro atoms. The number of rotatable bonds is 2. The van der Waals surface area contributed by atoms with Crippen LogP contribution in [-0.4, -0.2) is 0 Å². The molecule has 0 fully saturated rings. The van der Waals surface area contributed by atoms with Crippen LogP contribution in [0.4, 0.5) is 0 Å². The summed E-state index contributed by atoms with van der Waals surface area (Å²) in [4.78, 5) is 0. The highest BCUT2D eigenvalue weighted by Crippen LogP contribution is 2.21. The quantitative estimate of drug-likeness (QED) is 0.735. The van der Waals surface area contributed by atoms with Crippen molar-refractivity contribution in [2.75, 3.05) is 0 Å². The van der Waals surface area contributed by atoms with Gasteiger partial charge in [-0.25, -0.2) is 0 Å². The van der Waals surface area contributed by atoms with Crippen LogP contribution in [-0.2, 0) is 6.54 Å². The molecule has 13 heavy (non-hydrogen) atoms. The Hall–Kier alpha value is -1.08. The van der Waals surface area contributed by atoms with Gasteiger partial charge in [-0.1, -0.05) is 18.2 Å². The van der Waals surface area contributed by atoms with Crippen molar-refractivity contribution in [2.24, 2.45) is 5.73 Å². The van der Waals surface area contributed by atoms with E-state index in [9.17, 15) is 0 Å². The molecule has 0 bridgehead atoms. The largest absolute Gasteiger partial charge is 0.326 e. The summed E-state index contributed by atoms with van der Waals surface area (Å²) in [7, 11) is 0. The van der Waals surface area contributed by atoms with Gasteiger partial charge in [0.2, 0.25) is 0 Å². The molecule has 1 rings (SSSR count). The average molecular weight is 175 g/mol. The Kier molecular flexibility index (Phi) is 2.89. The van der Waals surface area contributed by atoms with E-state index in [0.29, 0.717) is 6.54 Å². The first kappa shape index (κ1) is 10.0. The SMILES string of the molecule is C=C(C)c1cc(CN)c(C)cc1C. The summed E-state index contributed by atoms with van der Waals surface area (Å²) in [5.41, 5.74) is 11.7. The van der Waals surface area contributed by atoms with Crippen LogP contribution in [0.3, 0.4) is 0 Å². The topological polar surface area (TPSA) is 26.0 Å². The van der Waals surface area contributed by atoms with Crippen LogP contribution in [0.2, 0.25) is 0 Å². The van der Waals surface area contributed by atoms with Gasteiger partial charge in [-0.2, -0.15) is 0 Å². The Balaban J connectivity index is 3.30. The maximum absolute atomic E-state index is 5.64. The number of benzene rings is 1. The van der Waals surface area contributed by atoms with Crippen LogP contribution in [0.5, 0.6) is 0 Å². The molecule has 0 heterocycles. The molecule has 0 aromatic heterocycles. The zero-order chi connectivity index (χ0) is 10.0. The van der Waals surface area contributed by atoms with E-state index in [0.717, 1.165) is 5.57 Å². The molecule has 1 heteroatoms. The van der Waals surface area contributed by atoms with Crippen molar-refractivity contribution < 1.29 is 0 Å². The van der Waals surface area contributed by atoms with Crippen LogP contribution < -0.4 is 5.73 Å². The van der Waals surface area contributed by atoms with Crippen molar-refractivity contribution >= 4 is 5.57 Å². The summed E-state index contributed by atoms with van der Waals surface area (Å²) in [6, 6.07) is 4.32. The van der Waals surface area contributed by atoms with Crippen LogP contribution in [0.25, 0.3) is 5.57 Å². The number of aryl methyl sites for hydroxylation is 2. The molecular weight excluding hydrogens is 158 g/mol. The van der Waals surface area contributed by atoms with Crippen LogP contribution in [0, 0.1) is 13.8 Å². The lowest BCUT2D eigenvalue weighted by atomic mass is 9.96. The fraction of sp³-hybridized carbons (Fsp3) is 0.333. The maximum Gasteiger partial charge on any atom is 0.0180 e. The number of hydrogen-bond donors (Lipinski definition) is 1. The zero-order valence-corrected chi connectivity index (χ0v) is 8.65. The van der Waals surface area contributed by atoms with Crippen molar-refractivity contribution in [3.05, 3.63) is 41.0 Å². The van der Waals surface area contributed by atoms with E-state index in [4.69, 9.17) is 5.73 Å². The zero-order valence-electron chi connectivity index (χ0n) is 8.65. The van der Waals surface area contributed by atoms with Gasteiger partial charge in [0.25, 0.3) is 0 Å². The molecule has 0 unspecified atom stereocenters. The van der Waals surface area contributed by atoms with Crippen molar-refractivity contribution in [1.29, 1.82) is 0 Å². The van der Waals surface area contributed by atoms with Gasteiger partial charge in [0.1, 0.15) is 0 Å². The van der Waals surface area contributed by atoms with Crippen LogP contribution in [0.15, 0.2) is 18.7 Å². The van der Waals surface area contributed by atoms with Gasteiger partial charge >= 0.3 is 0 Å². The van der Waals surface area contributed by atoms with Crippen molar-refractivity contribution in [3.8, 4) is 0 Å². The minimum absolute atomic E-state index is 0.604. The monoisotopic (exact) mass is 175 g/mol. The maximum atomic E-state index is 5.64. The van der Waals surface area contributed by atoms with E-state index < -0.39 is 0 Å². The van der Waals surface area contributed by atoms with Crippen LogP contribution in [0.1, 0.15) is 29.2 Å². The molecule has 0 atom stereocenters. The van der Waals surface area contributed by atoms with E-state index in [2.05, 4.69) is 32.6 Å². The van der Waals surface area contributed by atoms with Gasteiger partial charge in [0.15, 0.2) is 0 Å². The minimum atomic E-state index is 0.604. The Bertz CT molecular complexity index is 337. The fourth-order valence-corrected chi connectivity index (χ4v) is 1.58. The molecule has 2 N–H and O–H groups in total. The second kappa shape index (κ2) is 3.75. The molecule has 0 amide bonds. The molecule has 0 aliphatic carbocycles. The first-order valence-corrected chi connectivity index (χ1v) is 4.52. The summed E-state index contributed by atoms with van der Waals surface area (Å²) in [6.45, 7) is 10.8. The van der Waals surface area contributed by atoms with Crippen molar-refractivity contribution in [3.63, 3.8) is 0 Å². The summed E-state index contributed by atoms with van der Waals surface area (Å²) >= 11 is 0.